The standard InChI is InChI=1S/C18H16F3N5O3S/c1-27-4-5-28-11-2-3-14(25-10-11)15-12(8-22)16(24)26-17(13(15)9-23)30-7-6-29-18(19,20)21/h2-3,10H,4-7H2,1H3,(H2,24,26). The molecule has 0 unspecified atom stereocenters. The summed E-state index contributed by atoms with van der Waals surface area (Å²) in [6.45, 7) is 0.0631. The monoisotopic (exact) mass is 439 g/mol. The molecular formula is C18H16F3N5O3S. The van der Waals surface area contributed by atoms with Crippen molar-refractivity contribution in [1.29, 1.82) is 10.5 Å². The van der Waals surface area contributed by atoms with Crippen LogP contribution in [-0.4, -0.2) is 49.0 Å². The van der Waals surface area contributed by atoms with E-state index in [1.165, 1.54) is 13.3 Å². The molecular weight excluding hydrogens is 423 g/mol. The predicted octanol–water partition coefficient (Wildman–Crippen LogP) is 3.12. The first-order valence-electron chi connectivity index (χ1n) is 8.36. The topological polar surface area (TPSA) is 127 Å². The molecule has 0 amide bonds. The number of rotatable bonds is 9. The fraction of sp³-hybridized carbons (Fsp3) is 0.333. The van der Waals surface area contributed by atoms with Crippen LogP contribution in [0.4, 0.5) is 19.0 Å². The molecule has 8 nitrogen and oxygen atoms in total. The maximum absolute atomic E-state index is 12.1. The molecule has 2 rings (SSSR count). The number of alkyl halides is 3. The average molecular weight is 439 g/mol. The van der Waals surface area contributed by atoms with Crippen LogP contribution in [0.25, 0.3) is 11.3 Å². The number of methoxy groups -OCH3 is 1. The van der Waals surface area contributed by atoms with Crippen LogP contribution in [0.5, 0.6) is 5.75 Å². The molecule has 2 heterocycles. The highest BCUT2D eigenvalue weighted by Gasteiger charge is 2.29. The van der Waals surface area contributed by atoms with Crippen LogP contribution in [0.2, 0.25) is 0 Å². The lowest BCUT2D eigenvalue weighted by Crippen LogP contribution is -2.15. The fourth-order valence-corrected chi connectivity index (χ4v) is 3.13. The quantitative estimate of drug-likeness (QED) is 0.463. The highest BCUT2D eigenvalue weighted by molar-refractivity contribution is 7.99. The Hall–Kier alpha value is -3.06. The van der Waals surface area contributed by atoms with E-state index in [4.69, 9.17) is 15.2 Å². The third-order valence-electron chi connectivity index (χ3n) is 3.55. The van der Waals surface area contributed by atoms with Crippen molar-refractivity contribution in [2.75, 3.05) is 38.4 Å². The van der Waals surface area contributed by atoms with Crippen molar-refractivity contribution in [3.8, 4) is 29.1 Å². The molecule has 0 atom stereocenters. The molecule has 158 valence electrons. The second-order valence-corrected chi connectivity index (χ2v) is 6.60. The van der Waals surface area contributed by atoms with E-state index in [0.717, 1.165) is 11.8 Å². The van der Waals surface area contributed by atoms with E-state index in [9.17, 15) is 23.7 Å². The largest absolute Gasteiger partial charge is 0.522 e. The summed E-state index contributed by atoms with van der Waals surface area (Å²) in [6.07, 6.45) is -3.34. The lowest BCUT2D eigenvalue weighted by molar-refractivity contribution is -0.322. The van der Waals surface area contributed by atoms with Crippen LogP contribution in [-0.2, 0) is 9.47 Å². The van der Waals surface area contributed by atoms with Gasteiger partial charge in [-0.05, 0) is 12.1 Å². The van der Waals surface area contributed by atoms with Crippen LogP contribution >= 0.6 is 11.8 Å². The van der Waals surface area contributed by atoms with Crippen molar-refractivity contribution >= 4 is 17.6 Å². The SMILES string of the molecule is COCCOc1ccc(-c2c(C#N)c(N)nc(SCCOC(F)(F)F)c2C#N)nc1. The summed E-state index contributed by atoms with van der Waals surface area (Å²) >= 11 is 0.857. The number of nitrogen functional groups attached to an aromatic ring is 1. The molecule has 2 aromatic heterocycles. The molecule has 2 aromatic rings. The molecule has 0 aromatic carbocycles. The summed E-state index contributed by atoms with van der Waals surface area (Å²) in [5.74, 6) is 0.160. The maximum atomic E-state index is 12.1. The molecule has 0 aliphatic rings. The van der Waals surface area contributed by atoms with Gasteiger partial charge in [-0.15, -0.1) is 24.9 Å². The number of thioether (sulfide) groups is 1. The Labute approximate surface area is 174 Å². The van der Waals surface area contributed by atoms with Crippen molar-refractivity contribution in [2.24, 2.45) is 0 Å². The average Bonchev–Trinajstić information content (AvgIpc) is 2.71. The van der Waals surface area contributed by atoms with Crippen molar-refractivity contribution < 1.29 is 27.4 Å². The van der Waals surface area contributed by atoms with Gasteiger partial charge in [0.2, 0.25) is 0 Å². The molecule has 12 heteroatoms. The van der Waals surface area contributed by atoms with Gasteiger partial charge in [-0.25, -0.2) is 4.98 Å². The minimum Gasteiger partial charge on any atom is -0.490 e. The van der Waals surface area contributed by atoms with Crippen molar-refractivity contribution in [1.82, 2.24) is 9.97 Å². The lowest BCUT2D eigenvalue weighted by Gasteiger charge is -2.13. The van der Waals surface area contributed by atoms with Gasteiger partial charge in [-0.3, -0.25) is 9.72 Å². The first-order valence-corrected chi connectivity index (χ1v) is 9.34. The second kappa shape index (κ2) is 10.6. The van der Waals surface area contributed by atoms with E-state index in [2.05, 4.69) is 14.7 Å². The van der Waals surface area contributed by atoms with E-state index < -0.39 is 13.0 Å². The van der Waals surface area contributed by atoms with Crippen LogP contribution in [0.15, 0.2) is 23.4 Å². The molecule has 0 saturated heterocycles. The zero-order chi connectivity index (χ0) is 22.1. The van der Waals surface area contributed by atoms with E-state index in [-0.39, 0.29) is 39.0 Å². The Morgan fingerprint density at radius 3 is 2.43 bits per heavy atom. The fourth-order valence-electron chi connectivity index (χ4n) is 2.31. The zero-order valence-electron chi connectivity index (χ0n) is 15.7. The smallest absolute Gasteiger partial charge is 0.490 e. The van der Waals surface area contributed by atoms with Crippen molar-refractivity contribution in [3.05, 3.63) is 29.5 Å². The first kappa shape index (κ1) is 23.2. The van der Waals surface area contributed by atoms with Gasteiger partial charge < -0.3 is 15.2 Å². The lowest BCUT2D eigenvalue weighted by atomic mass is 10.0. The van der Waals surface area contributed by atoms with Crippen LogP contribution < -0.4 is 10.5 Å². The van der Waals surface area contributed by atoms with Gasteiger partial charge in [0.05, 0.1) is 30.7 Å². The van der Waals surface area contributed by atoms with E-state index in [0.29, 0.717) is 19.0 Å². The molecule has 0 radical (unpaired) electrons. The van der Waals surface area contributed by atoms with Gasteiger partial charge in [0.25, 0.3) is 0 Å². The van der Waals surface area contributed by atoms with Gasteiger partial charge >= 0.3 is 6.36 Å². The van der Waals surface area contributed by atoms with Gasteiger partial charge in [0.1, 0.15) is 40.9 Å². The Morgan fingerprint density at radius 2 is 1.87 bits per heavy atom. The van der Waals surface area contributed by atoms with Crippen LogP contribution in [0.1, 0.15) is 11.1 Å². The minimum absolute atomic E-state index is 0.0155. The normalized spacial score (nSPS) is 11.0. The summed E-state index contributed by atoms with van der Waals surface area (Å²) in [5.41, 5.74) is 6.19. The third-order valence-corrected chi connectivity index (χ3v) is 4.49. The number of pyridine rings is 2. The number of ether oxygens (including phenoxy) is 3. The first-order chi connectivity index (χ1) is 14.3. The summed E-state index contributed by atoms with van der Waals surface area (Å²) in [7, 11) is 1.54. The third kappa shape index (κ3) is 6.22. The number of aromatic nitrogens is 2. The zero-order valence-corrected chi connectivity index (χ0v) is 16.5. The predicted molar refractivity (Wildman–Crippen MR) is 101 cm³/mol. The molecule has 0 bridgehead atoms. The summed E-state index contributed by atoms with van der Waals surface area (Å²) < 4.78 is 50.4. The maximum Gasteiger partial charge on any atom is 0.522 e. The van der Waals surface area contributed by atoms with Crippen LogP contribution in [0, 0.1) is 22.7 Å². The highest BCUT2D eigenvalue weighted by atomic mass is 32.2. The van der Waals surface area contributed by atoms with Crippen molar-refractivity contribution in [3.63, 3.8) is 0 Å². The van der Waals surface area contributed by atoms with Gasteiger partial charge in [-0.1, -0.05) is 0 Å². The Balaban J connectivity index is 2.34. The van der Waals surface area contributed by atoms with Crippen molar-refractivity contribution in [2.45, 2.75) is 11.4 Å². The van der Waals surface area contributed by atoms with Gasteiger partial charge in [0, 0.05) is 18.4 Å². The molecule has 0 saturated carbocycles. The summed E-state index contributed by atoms with van der Waals surface area (Å²) in [5, 5.41) is 19.2. The molecule has 0 aliphatic heterocycles. The molecule has 0 fully saturated rings. The molecule has 0 aliphatic carbocycles. The van der Waals surface area contributed by atoms with E-state index in [1.54, 1.807) is 12.1 Å². The molecule has 0 spiro atoms. The number of anilines is 1. The Bertz CT molecular complexity index is 956. The number of halogens is 3. The Morgan fingerprint density at radius 1 is 1.13 bits per heavy atom. The molecule has 30 heavy (non-hydrogen) atoms. The number of nitrogens with two attached hydrogens (primary N) is 1. The highest BCUT2D eigenvalue weighted by Crippen LogP contribution is 2.35. The van der Waals surface area contributed by atoms with Crippen LogP contribution in [0.3, 0.4) is 0 Å². The summed E-state index contributed by atoms with van der Waals surface area (Å²) in [4.78, 5) is 8.22. The minimum atomic E-state index is -4.75. The van der Waals surface area contributed by atoms with E-state index >= 15 is 0 Å². The number of nitrogens with zero attached hydrogens (tertiary/aromatic N) is 4. The number of hydrogen-bond acceptors (Lipinski definition) is 9. The number of nitriles is 2. The number of hydrogen-bond donors (Lipinski definition) is 1. The van der Waals surface area contributed by atoms with Gasteiger partial charge in [-0.2, -0.15) is 10.5 Å². The second-order valence-electron chi connectivity index (χ2n) is 5.51. The van der Waals surface area contributed by atoms with Gasteiger partial charge in [0.15, 0.2) is 0 Å². The summed E-state index contributed by atoms with van der Waals surface area (Å²) in [6, 6.07) is 6.98. The molecule has 2 N–H and O–H groups in total. The Kier molecular flexibility index (Phi) is 8.24. The van der Waals surface area contributed by atoms with E-state index in [1.807, 2.05) is 12.1 Å².